The third-order valence-corrected chi connectivity index (χ3v) is 2.60. The Morgan fingerprint density at radius 1 is 1.52 bits per heavy atom. The maximum Gasteiger partial charge on any atom is 0.422 e. The highest BCUT2D eigenvalue weighted by Gasteiger charge is 2.42. The van der Waals surface area contributed by atoms with Crippen molar-refractivity contribution in [2.24, 2.45) is 5.73 Å². The van der Waals surface area contributed by atoms with Gasteiger partial charge in [-0.15, -0.1) is 0 Å². The largest absolute Gasteiger partial charge is 0.478 e. The monoisotopic (exact) mass is 309 g/mol. The lowest BCUT2D eigenvalue weighted by atomic mass is 10.0. The van der Waals surface area contributed by atoms with Crippen molar-refractivity contribution in [1.82, 2.24) is 10.2 Å². The molecule has 0 amide bonds. The van der Waals surface area contributed by atoms with Crippen LogP contribution >= 0.6 is 0 Å². The van der Waals surface area contributed by atoms with E-state index in [0.717, 1.165) is 0 Å². The van der Waals surface area contributed by atoms with Crippen LogP contribution < -0.4 is 11.3 Å². The summed E-state index contributed by atoms with van der Waals surface area (Å²) in [6, 6.07) is 0. The Kier molecular flexibility index (Phi) is 5.07. The first-order valence-corrected chi connectivity index (χ1v) is 5.91. The molecule has 0 saturated heterocycles. The summed E-state index contributed by atoms with van der Waals surface area (Å²) in [6.07, 6.45) is -4.67. The molecule has 10 heteroatoms. The Labute approximate surface area is 116 Å². The smallest absolute Gasteiger partial charge is 0.422 e. The average molecular weight is 309 g/mol. The van der Waals surface area contributed by atoms with Crippen LogP contribution in [-0.2, 0) is 22.1 Å². The molecule has 0 bridgehead atoms. The normalized spacial score (nSPS) is 14.7. The number of aliphatic carboxylic acids is 1. The van der Waals surface area contributed by atoms with Crippen LogP contribution in [0.5, 0.6) is 0 Å². The molecule has 0 spiro atoms. The molecule has 0 saturated carbocycles. The van der Waals surface area contributed by atoms with E-state index in [1.165, 1.54) is 0 Å². The molecule has 0 fully saturated rings. The zero-order valence-electron chi connectivity index (χ0n) is 11.0. The number of aromatic nitrogens is 2. The number of carboxylic acids is 1. The molecule has 0 aliphatic rings. The number of carboxylic acid groups (broad SMARTS) is 1. The van der Waals surface area contributed by atoms with Crippen LogP contribution in [0.2, 0.25) is 0 Å². The third kappa shape index (κ3) is 4.02. The first kappa shape index (κ1) is 17.1. The van der Waals surface area contributed by atoms with Crippen molar-refractivity contribution in [2.45, 2.75) is 31.7 Å². The van der Waals surface area contributed by atoms with Gasteiger partial charge in [-0.25, -0.2) is 9.89 Å². The Hall–Kier alpha value is -1.94. The molecule has 1 atom stereocenters. The quantitative estimate of drug-likeness (QED) is 0.658. The summed E-state index contributed by atoms with van der Waals surface area (Å²) in [6.45, 7) is 1.62. The maximum absolute atomic E-state index is 12.9. The summed E-state index contributed by atoms with van der Waals surface area (Å²) in [5.74, 6) is -1.63. The third-order valence-electron chi connectivity index (χ3n) is 2.60. The molecule has 118 valence electrons. The molecule has 1 aromatic heterocycles. The number of halogens is 3. The Balaban J connectivity index is 3.25. The second kappa shape index (κ2) is 6.22. The van der Waals surface area contributed by atoms with Crippen molar-refractivity contribution in [2.75, 3.05) is 6.61 Å². The van der Waals surface area contributed by atoms with Gasteiger partial charge in [-0.2, -0.15) is 18.3 Å². The van der Waals surface area contributed by atoms with E-state index in [0.29, 0.717) is 12.6 Å². The summed E-state index contributed by atoms with van der Waals surface area (Å²) < 4.78 is 43.5. The minimum Gasteiger partial charge on any atom is -0.478 e. The minimum absolute atomic E-state index is 0.0548. The lowest BCUT2D eigenvalue weighted by Crippen LogP contribution is -2.53. The summed E-state index contributed by atoms with van der Waals surface area (Å²) in [5, 5.41) is 13.9. The fourth-order valence-electron chi connectivity index (χ4n) is 1.64. The highest BCUT2D eigenvalue weighted by atomic mass is 19.4. The zero-order valence-corrected chi connectivity index (χ0v) is 11.0. The standard InChI is InChI=1S/C11H14F3N3O4/c1-2-3-21-10(15,9(19)20)4-6-5-16-17-8(18)7(6)11(12,13)14/h5H,2-4,15H2,1H3,(H,17,18)(H,19,20). The molecule has 4 N–H and O–H groups in total. The van der Waals surface area contributed by atoms with E-state index in [4.69, 9.17) is 15.6 Å². The van der Waals surface area contributed by atoms with Crippen molar-refractivity contribution in [1.29, 1.82) is 0 Å². The van der Waals surface area contributed by atoms with Crippen LogP contribution in [0.1, 0.15) is 24.5 Å². The molecule has 0 radical (unpaired) electrons. The first-order chi connectivity index (χ1) is 9.62. The second-order valence-electron chi connectivity index (χ2n) is 4.32. The van der Waals surface area contributed by atoms with E-state index in [-0.39, 0.29) is 6.61 Å². The van der Waals surface area contributed by atoms with E-state index in [1.54, 1.807) is 12.0 Å². The summed E-state index contributed by atoms with van der Waals surface area (Å²) in [5.41, 5.74) is -0.526. The van der Waals surface area contributed by atoms with E-state index < -0.39 is 41.0 Å². The predicted octanol–water partition coefficient (Wildman–Crippen LogP) is 0.497. The number of aromatic amines is 1. The van der Waals surface area contributed by atoms with Crippen LogP contribution in [0.3, 0.4) is 0 Å². The molecule has 1 rings (SSSR count). The molecule has 21 heavy (non-hydrogen) atoms. The van der Waals surface area contributed by atoms with Crippen LogP contribution in [0, 0.1) is 0 Å². The highest BCUT2D eigenvalue weighted by molar-refractivity contribution is 5.77. The molecule has 7 nitrogen and oxygen atoms in total. The highest BCUT2D eigenvalue weighted by Crippen LogP contribution is 2.30. The van der Waals surface area contributed by atoms with E-state index >= 15 is 0 Å². The molecule has 0 aliphatic carbocycles. The van der Waals surface area contributed by atoms with Crippen LogP contribution in [0.15, 0.2) is 11.0 Å². The topological polar surface area (TPSA) is 118 Å². The number of nitrogens with one attached hydrogen (secondary N) is 1. The van der Waals surface area contributed by atoms with Gasteiger partial charge in [0, 0.05) is 13.0 Å². The number of hydrogen-bond acceptors (Lipinski definition) is 5. The molecule has 1 aromatic rings. The average Bonchev–Trinajstić information content (AvgIpc) is 2.34. The molecular weight excluding hydrogens is 295 g/mol. The minimum atomic E-state index is -4.96. The SMILES string of the molecule is CCCOC(N)(Cc1cn[nH]c(=O)c1C(F)(F)F)C(=O)O. The Morgan fingerprint density at radius 3 is 2.62 bits per heavy atom. The summed E-state index contributed by atoms with van der Waals surface area (Å²) in [4.78, 5) is 22.4. The number of alkyl halides is 3. The lowest BCUT2D eigenvalue weighted by molar-refractivity contribution is -0.166. The number of nitrogens with zero attached hydrogens (tertiary/aromatic N) is 1. The van der Waals surface area contributed by atoms with E-state index in [2.05, 4.69) is 5.10 Å². The molecular formula is C11H14F3N3O4. The van der Waals surface area contributed by atoms with E-state index in [9.17, 15) is 22.8 Å². The van der Waals surface area contributed by atoms with Gasteiger partial charge in [0.1, 0.15) is 5.56 Å². The van der Waals surface area contributed by atoms with Crippen LogP contribution in [0.25, 0.3) is 0 Å². The van der Waals surface area contributed by atoms with Gasteiger partial charge in [0.2, 0.25) is 5.72 Å². The lowest BCUT2D eigenvalue weighted by Gasteiger charge is -2.25. The number of carbonyl (C=O) groups is 1. The number of ether oxygens (including phenoxy) is 1. The Morgan fingerprint density at radius 2 is 2.14 bits per heavy atom. The summed E-state index contributed by atoms with van der Waals surface area (Å²) in [7, 11) is 0. The van der Waals surface area contributed by atoms with Gasteiger partial charge < -0.3 is 9.84 Å². The van der Waals surface area contributed by atoms with Gasteiger partial charge in [-0.05, 0) is 12.0 Å². The van der Waals surface area contributed by atoms with Crippen molar-refractivity contribution in [3.8, 4) is 0 Å². The van der Waals surface area contributed by atoms with Crippen molar-refractivity contribution in [3.63, 3.8) is 0 Å². The van der Waals surface area contributed by atoms with Gasteiger partial charge in [0.15, 0.2) is 0 Å². The van der Waals surface area contributed by atoms with Crippen molar-refractivity contribution in [3.05, 3.63) is 27.7 Å². The van der Waals surface area contributed by atoms with E-state index in [1.807, 2.05) is 0 Å². The number of nitrogens with two attached hydrogens (primary N) is 1. The molecule has 0 aliphatic heterocycles. The van der Waals surface area contributed by atoms with Crippen molar-refractivity contribution < 1.29 is 27.8 Å². The van der Waals surface area contributed by atoms with Gasteiger partial charge in [0.25, 0.3) is 5.56 Å². The first-order valence-electron chi connectivity index (χ1n) is 5.91. The number of rotatable bonds is 6. The van der Waals surface area contributed by atoms with Gasteiger partial charge in [-0.1, -0.05) is 6.92 Å². The van der Waals surface area contributed by atoms with Gasteiger partial charge in [0.05, 0.1) is 6.20 Å². The Bertz CT molecular complexity index is 573. The second-order valence-corrected chi connectivity index (χ2v) is 4.32. The fraction of sp³-hybridized carbons (Fsp3) is 0.545. The zero-order chi connectivity index (χ0) is 16.3. The maximum atomic E-state index is 12.9. The predicted molar refractivity (Wildman–Crippen MR) is 64.4 cm³/mol. The molecule has 0 aromatic carbocycles. The summed E-state index contributed by atoms with van der Waals surface area (Å²) >= 11 is 0. The number of hydrogen-bond donors (Lipinski definition) is 3. The van der Waals surface area contributed by atoms with Crippen molar-refractivity contribution >= 4 is 5.97 Å². The van der Waals surface area contributed by atoms with Gasteiger partial charge in [-0.3, -0.25) is 10.5 Å². The van der Waals surface area contributed by atoms with Gasteiger partial charge >= 0.3 is 12.1 Å². The van der Waals surface area contributed by atoms with Crippen LogP contribution in [-0.4, -0.2) is 33.6 Å². The number of H-pyrrole nitrogens is 1. The molecule has 1 unspecified atom stereocenters. The van der Waals surface area contributed by atoms with Crippen LogP contribution in [0.4, 0.5) is 13.2 Å². The molecule has 1 heterocycles. The fourth-order valence-corrected chi connectivity index (χ4v) is 1.64.